The number of aromatic hydroxyl groups is 1. The van der Waals surface area contributed by atoms with Crippen molar-refractivity contribution >= 4 is 0 Å². The van der Waals surface area contributed by atoms with E-state index in [0.717, 1.165) is 12.1 Å². The normalized spacial score (nSPS) is 9.94. The fraction of sp³-hybridized carbons (Fsp3) is 0.385. The molecule has 3 nitrogen and oxygen atoms in total. The molecule has 0 aliphatic rings. The lowest BCUT2D eigenvalue weighted by Crippen LogP contribution is -2.13. The summed E-state index contributed by atoms with van der Waals surface area (Å²) in [4.78, 5) is 0. The molecule has 0 heterocycles. The summed E-state index contributed by atoms with van der Waals surface area (Å²) in [7, 11) is 1.55. The number of nitrogens with one attached hydrogen (secondary N) is 1. The number of ether oxygens (including phenoxy) is 1. The minimum Gasteiger partial charge on any atom is -0.504 e. The highest BCUT2D eigenvalue weighted by molar-refractivity contribution is 5.45. The highest BCUT2D eigenvalue weighted by atomic mass is 16.5. The second-order valence-electron chi connectivity index (χ2n) is 3.88. The van der Waals surface area contributed by atoms with Crippen molar-refractivity contribution in [3.05, 3.63) is 35.4 Å². The van der Waals surface area contributed by atoms with E-state index in [2.05, 4.69) is 25.2 Å². The molecule has 1 aromatic rings. The Hall–Kier alpha value is -1.48. The number of para-hydroxylation sites is 1. The topological polar surface area (TPSA) is 41.5 Å². The summed E-state index contributed by atoms with van der Waals surface area (Å²) in [5.41, 5.74) is 2.13. The molecule has 0 aliphatic carbocycles. The molecule has 0 radical (unpaired) electrons. The Labute approximate surface area is 96.8 Å². The molecule has 0 amide bonds. The molecule has 0 aliphatic heterocycles. The minimum atomic E-state index is 0.217. The van der Waals surface area contributed by atoms with Crippen molar-refractivity contribution in [2.45, 2.75) is 20.4 Å². The van der Waals surface area contributed by atoms with E-state index in [0.29, 0.717) is 12.3 Å². The lowest BCUT2D eigenvalue weighted by Gasteiger charge is -2.08. The van der Waals surface area contributed by atoms with Gasteiger partial charge in [0.2, 0.25) is 0 Å². The predicted molar refractivity (Wildman–Crippen MR) is 65.8 cm³/mol. The second-order valence-corrected chi connectivity index (χ2v) is 3.88. The van der Waals surface area contributed by atoms with Gasteiger partial charge in [-0.25, -0.2) is 0 Å². The van der Waals surface area contributed by atoms with E-state index >= 15 is 0 Å². The van der Waals surface area contributed by atoms with Crippen molar-refractivity contribution < 1.29 is 9.84 Å². The maximum absolute atomic E-state index is 9.82. The fourth-order valence-corrected chi connectivity index (χ4v) is 1.36. The molecule has 16 heavy (non-hydrogen) atoms. The van der Waals surface area contributed by atoms with Gasteiger partial charge in [-0.2, -0.15) is 0 Å². The molecule has 0 unspecified atom stereocenters. The quantitative estimate of drug-likeness (QED) is 0.593. The Kier molecular flexibility index (Phi) is 4.86. The van der Waals surface area contributed by atoms with Gasteiger partial charge >= 0.3 is 0 Å². The first kappa shape index (κ1) is 12.6. The number of benzene rings is 1. The van der Waals surface area contributed by atoms with Gasteiger partial charge in [-0.1, -0.05) is 23.8 Å². The molecular formula is C13H19NO2. The van der Waals surface area contributed by atoms with Crippen LogP contribution in [-0.2, 0) is 6.54 Å². The summed E-state index contributed by atoms with van der Waals surface area (Å²) in [6, 6.07) is 5.50. The van der Waals surface area contributed by atoms with Crippen LogP contribution in [0.15, 0.2) is 29.8 Å². The third-order valence-electron chi connectivity index (χ3n) is 2.27. The van der Waals surface area contributed by atoms with Crippen LogP contribution in [0.4, 0.5) is 0 Å². The lowest BCUT2D eigenvalue weighted by molar-refractivity contribution is 0.370. The molecular weight excluding hydrogens is 202 g/mol. The zero-order chi connectivity index (χ0) is 12.0. The van der Waals surface area contributed by atoms with Gasteiger partial charge in [-0.3, -0.25) is 0 Å². The smallest absolute Gasteiger partial charge is 0.162 e. The first-order valence-electron chi connectivity index (χ1n) is 5.34. The highest BCUT2D eigenvalue weighted by Crippen LogP contribution is 2.28. The molecule has 0 bridgehead atoms. The Morgan fingerprint density at radius 3 is 2.81 bits per heavy atom. The summed E-state index contributed by atoms with van der Waals surface area (Å²) in [5.74, 6) is 0.733. The second kappa shape index (κ2) is 6.18. The van der Waals surface area contributed by atoms with Crippen LogP contribution >= 0.6 is 0 Å². The zero-order valence-electron chi connectivity index (χ0n) is 10.1. The third-order valence-corrected chi connectivity index (χ3v) is 2.27. The van der Waals surface area contributed by atoms with E-state index in [1.807, 2.05) is 12.1 Å². The van der Waals surface area contributed by atoms with Crippen LogP contribution in [0.5, 0.6) is 11.5 Å². The van der Waals surface area contributed by atoms with Crippen LogP contribution in [0, 0.1) is 0 Å². The van der Waals surface area contributed by atoms with E-state index in [-0.39, 0.29) is 5.75 Å². The van der Waals surface area contributed by atoms with Crippen LogP contribution in [-0.4, -0.2) is 18.8 Å². The fourth-order valence-electron chi connectivity index (χ4n) is 1.36. The minimum absolute atomic E-state index is 0.217. The summed E-state index contributed by atoms with van der Waals surface area (Å²) in [6.07, 6.45) is 2.11. The van der Waals surface area contributed by atoms with Crippen molar-refractivity contribution in [3.63, 3.8) is 0 Å². The molecule has 1 rings (SSSR count). The monoisotopic (exact) mass is 221 g/mol. The van der Waals surface area contributed by atoms with Gasteiger partial charge in [0.25, 0.3) is 0 Å². The lowest BCUT2D eigenvalue weighted by atomic mass is 10.2. The first-order valence-corrected chi connectivity index (χ1v) is 5.34. The molecule has 0 atom stereocenters. The van der Waals surface area contributed by atoms with E-state index in [4.69, 9.17) is 4.74 Å². The molecule has 0 aromatic heterocycles. The number of rotatable bonds is 5. The summed E-state index contributed by atoms with van der Waals surface area (Å²) in [5, 5.41) is 13.1. The van der Waals surface area contributed by atoms with E-state index in [1.54, 1.807) is 13.2 Å². The zero-order valence-corrected chi connectivity index (χ0v) is 10.1. The van der Waals surface area contributed by atoms with Gasteiger partial charge in [-0.15, -0.1) is 0 Å². The third kappa shape index (κ3) is 3.59. The number of hydrogen-bond donors (Lipinski definition) is 2. The number of phenolic OH excluding ortho intramolecular Hbond substituents is 1. The van der Waals surface area contributed by atoms with Gasteiger partial charge in [-0.05, 0) is 19.9 Å². The van der Waals surface area contributed by atoms with E-state index < -0.39 is 0 Å². The van der Waals surface area contributed by atoms with E-state index in [9.17, 15) is 5.11 Å². The average Bonchev–Trinajstić information content (AvgIpc) is 2.26. The highest BCUT2D eigenvalue weighted by Gasteiger charge is 2.05. The summed E-state index contributed by atoms with van der Waals surface area (Å²) in [6.45, 7) is 5.56. The largest absolute Gasteiger partial charge is 0.504 e. The van der Waals surface area contributed by atoms with Crippen molar-refractivity contribution in [2.24, 2.45) is 0 Å². The molecule has 2 N–H and O–H groups in total. The number of allylic oxidation sites excluding steroid dienone is 1. The summed E-state index contributed by atoms with van der Waals surface area (Å²) >= 11 is 0. The maximum atomic E-state index is 9.82. The van der Waals surface area contributed by atoms with Crippen LogP contribution in [0.25, 0.3) is 0 Å². The Morgan fingerprint density at radius 2 is 2.19 bits per heavy atom. The van der Waals surface area contributed by atoms with Gasteiger partial charge in [0.15, 0.2) is 11.5 Å². The number of phenols is 1. The van der Waals surface area contributed by atoms with E-state index in [1.165, 1.54) is 5.57 Å². The summed E-state index contributed by atoms with van der Waals surface area (Å²) < 4.78 is 5.04. The van der Waals surface area contributed by atoms with Crippen LogP contribution in [0.2, 0.25) is 0 Å². The molecule has 0 spiro atoms. The molecule has 0 fully saturated rings. The molecule has 88 valence electrons. The van der Waals surface area contributed by atoms with Gasteiger partial charge < -0.3 is 15.2 Å². The Morgan fingerprint density at radius 1 is 1.44 bits per heavy atom. The predicted octanol–water partition coefficient (Wildman–Crippen LogP) is 2.46. The van der Waals surface area contributed by atoms with Crippen molar-refractivity contribution in [3.8, 4) is 11.5 Å². The SMILES string of the molecule is COc1cccc(CNCC=C(C)C)c1O. The van der Waals surface area contributed by atoms with Crippen molar-refractivity contribution in [1.82, 2.24) is 5.32 Å². The average molecular weight is 221 g/mol. The van der Waals surface area contributed by atoms with Crippen LogP contribution in [0.1, 0.15) is 19.4 Å². The number of hydrogen-bond acceptors (Lipinski definition) is 3. The molecule has 1 aromatic carbocycles. The number of methoxy groups -OCH3 is 1. The van der Waals surface area contributed by atoms with Crippen molar-refractivity contribution in [2.75, 3.05) is 13.7 Å². The molecule has 0 saturated heterocycles. The Balaban J connectivity index is 2.57. The first-order chi connectivity index (χ1) is 7.65. The van der Waals surface area contributed by atoms with Crippen molar-refractivity contribution in [1.29, 1.82) is 0 Å². The van der Waals surface area contributed by atoms with Gasteiger partial charge in [0.05, 0.1) is 7.11 Å². The standard InChI is InChI=1S/C13H19NO2/c1-10(2)7-8-14-9-11-5-4-6-12(16-3)13(11)15/h4-7,14-15H,8-9H2,1-3H3. The van der Waals surface area contributed by atoms with Crippen LogP contribution < -0.4 is 10.1 Å². The van der Waals surface area contributed by atoms with Crippen LogP contribution in [0.3, 0.4) is 0 Å². The van der Waals surface area contributed by atoms with Gasteiger partial charge in [0, 0.05) is 18.7 Å². The van der Waals surface area contributed by atoms with Gasteiger partial charge in [0.1, 0.15) is 0 Å². The molecule has 0 saturated carbocycles. The molecule has 3 heteroatoms. The maximum Gasteiger partial charge on any atom is 0.162 e. The Bertz CT molecular complexity index is 368.